The van der Waals surface area contributed by atoms with Gasteiger partial charge in [0, 0.05) is 47.9 Å². The molecule has 216 valence electrons. The van der Waals surface area contributed by atoms with E-state index in [1.54, 1.807) is 32.0 Å². The summed E-state index contributed by atoms with van der Waals surface area (Å²) in [6.07, 6.45) is 2.72. The molecule has 0 bridgehead atoms. The van der Waals surface area contributed by atoms with Gasteiger partial charge in [-0.2, -0.15) is 0 Å². The van der Waals surface area contributed by atoms with Gasteiger partial charge in [0.2, 0.25) is 5.91 Å². The predicted molar refractivity (Wildman–Crippen MR) is 148 cm³/mol. The van der Waals surface area contributed by atoms with E-state index >= 15 is 0 Å². The lowest BCUT2D eigenvalue weighted by atomic mass is 10.1. The minimum Gasteiger partial charge on any atom is -0.497 e. The lowest BCUT2D eigenvalue weighted by Gasteiger charge is -2.17. The van der Waals surface area contributed by atoms with Crippen molar-refractivity contribution < 1.29 is 44.0 Å². The number of rotatable bonds is 7. The van der Waals surface area contributed by atoms with Gasteiger partial charge >= 0.3 is 11.9 Å². The zero-order valence-corrected chi connectivity index (χ0v) is 23.1. The molecule has 0 spiro atoms. The number of aromatic nitrogens is 1. The fraction of sp³-hybridized carbons (Fsp3) is 0.357. The van der Waals surface area contributed by atoms with Crippen molar-refractivity contribution in [2.24, 2.45) is 0 Å². The quantitative estimate of drug-likeness (QED) is 0.214. The third-order valence-corrected chi connectivity index (χ3v) is 5.63. The van der Waals surface area contributed by atoms with Crippen molar-refractivity contribution in [1.82, 2.24) is 10.3 Å². The van der Waals surface area contributed by atoms with Gasteiger partial charge in [0.05, 0.1) is 32.4 Å². The number of carboxylic acid groups (broad SMARTS) is 2. The van der Waals surface area contributed by atoms with Crippen LogP contribution >= 0.6 is 0 Å². The Hall–Kier alpha value is -4.42. The Bertz CT molecular complexity index is 1310. The summed E-state index contributed by atoms with van der Waals surface area (Å²) in [4.78, 5) is 48.2. The second-order valence-electron chi connectivity index (χ2n) is 9.17. The Labute approximate surface area is 231 Å². The molecule has 0 radical (unpaired) electrons. The third-order valence-electron chi connectivity index (χ3n) is 5.63. The van der Waals surface area contributed by atoms with Crippen LogP contribution in [0.15, 0.2) is 42.6 Å². The zero-order valence-electron chi connectivity index (χ0n) is 23.1. The van der Waals surface area contributed by atoms with Crippen molar-refractivity contribution in [3.63, 3.8) is 0 Å². The number of carbonyl (C=O) groups excluding carboxylic acids is 2. The number of methoxy groups -OCH3 is 2. The molecule has 2 amide bonds. The largest absolute Gasteiger partial charge is 0.497 e. The molecule has 0 saturated carbocycles. The second-order valence-corrected chi connectivity index (χ2v) is 9.17. The van der Waals surface area contributed by atoms with Crippen LogP contribution in [0, 0.1) is 6.92 Å². The minimum absolute atomic E-state index is 0.130. The van der Waals surface area contributed by atoms with Gasteiger partial charge < -0.3 is 35.1 Å². The normalized spacial score (nSPS) is 14.4. The van der Waals surface area contributed by atoms with E-state index in [4.69, 9.17) is 34.4 Å². The number of imide groups is 1. The monoisotopic (exact) mass is 557 g/mol. The van der Waals surface area contributed by atoms with Crippen LogP contribution in [-0.4, -0.2) is 77.0 Å². The maximum atomic E-state index is 12.9. The van der Waals surface area contributed by atoms with E-state index in [0.717, 1.165) is 11.9 Å². The molecule has 1 atom stereocenters. The highest BCUT2D eigenvalue weighted by Crippen LogP contribution is 2.31. The molecular formula is C28H35N3O9. The van der Waals surface area contributed by atoms with Gasteiger partial charge in [0.15, 0.2) is 0 Å². The van der Waals surface area contributed by atoms with Crippen molar-refractivity contribution in [1.29, 1.82) is 0 Å². The summed E-state index contributed by atoms with van der Waals surface area (Å²) in [5.41, 5.74) is 3.95. The first-order valence-electron chi connectivity index (χ1n) is 12.4. The molecule has 2 heterocycles. The lowest BCUT2D eigenvalue weighted by molar-refractivity contribution is -0.159. The number of carbonyl (C=O) groups is 4. The van der Waals surface area contributed by atoms with Crippen molar-refractivity contribution in [2.75, 3.05) is 25.7 Å². The summed E-state index contributed by atoms with van der Waals surface area (Å²) in [7, 11) is 3.06. The first kappa shape index (κ1) is 31.8. The Morgan fingerprint density at radius 1 is 1.05 bits per heavy atom. The Balaban J connectivity index is 0.000000482. The topological polar surface area (TPSA) is 178 Å². The summed E-state index contributed by atoms with van der Waals surface area (Å²) in [6, 6.07) is 10.8. The number of benzene rings is 2. The van der Waals surface area contributed by atoms with Gasteiger partial charge in [0.25, 0.3) is 5.91 Å². The van der Waals surface area contributed by atoms with Gasteiger partial charge in [-0.3, -0.25) is 9.59 Å². The Kier molecular flexibility index (Phi) is 11.7. The maximum absolute atomic E-state index is 12.9. The van der Waals surface area contributed by atoms with Crippen molar-refractivity contribution in [2.45, 2.75) is 45.8 Å². The third kappa shape index (κ3) is 8.82. The molecular weight excluding hydrogens is 522 g/mol. The van der Waals surface area contributed by atoms with E-state index in [2.05, 4.69) is 35.4 Å². The predicted octanol–water partition coefficient (Wildman–Crippen LogP) is 2.50. The van der Waals surface area contributed by atoms with Crippen molar-refractivity contribution >= 4 is 40.3 Å². The fourth-order valence-electron chi connectivity index (χ4n) is 3.86. The molecule has 0 aliphatic carbocycles. The van der Waals surface area contributed by atoms with E-state index in [-0.39, 0.29) is 24.3 Å². The number of anilines is 1. The molecule has 1 unspecified atom stereocenters. The van der Waals surface area contributed by atoms with Crippen molar-refractivity contribution in [3.8, 4) is 11.5 Å². The van der Waals surface area contributed by atoms with Gasteiger partial charge in [-0.25, -0.2) is 14.5 Å². The lowest BCUT2D eigenvalue weighted by Crippen LogP contribution is -2.39. The van der Waals surface area contributed by atoms with Crippen LogP contribution in [-0.2, 0) is 25.6 Å². The van der Waals surface area contributed by atoms with Crippen LogP contribution in [0.1, 0.15) is 31.4 Å². The van der Waals surface area contributed by atoms with Crippen LogP contribution in [0.25, 0.3) is 10.9 Å². The van der Waals surface area contributed by atoms with E-state index in [9.17, 15) is 9.59 Å². The number of aromatic amines is 1. The minimum atomic E-state index is -1.82. The highest BCUT2D eigenvalue weighted by molar-refractivity contribution is 6.27. The molecule has 40 heavy (non-hydrogen) atoms. The maximum Gasteiger partial charge on any atom is 0.414 e. The first-order chi connectivity index (χ1) is 18.9. The smallest absolute Gasteiger partial charge is 0.414 e. The number of hydrogen-bond donors (Lipinski definition) is 5. The van der Waals surface area contributed by atoms with Gasteiger partial charge in [-0.05, 0) is 44.9 Å². The number of nitrogens with zero attached hydrogens (tertiary/aromatic N) is 1. The molecule has 2 aromatic carbocycles. The zero-order chi connectivity index (χ0) is 30.0. The number of H-pyrrole nitrogens is 1. The molecule has 3 aromatic rings. The van der Waals surface area contributed by atoms with Gasteiger partial charge in [0.1, 0.15) is 11.5 Å². The van der Waals surface area contributed by atoms with Gasteiger partial charge in [-0.1, -0.05) is 11.6 Å². The van der Waals surface area contributed by atoms with Crippen LogP contribution in [0.2, 0.25) is 0 Å². The number of amides is 2. The van der Waals surface area contributed by atoms with E-state index in [1.807, 2.05) is 6.20 Å². The summed E-state index contributed by atoms with van der Waals surface area (Å²) in [6.45, 7) is 6.11. The number of hydrogen-bond acceptors (Lipinski definition) is 8. The number of aliphatic hydroxyl groups excluding tert-OH is 1. The standard InChI is InChI=1S/C23H25N3O4.C3H8O.C2H2O4/c1-14-4-5-20-19(8-14)15(13-25-20)6-7-24-21-12-22(27)26(23(21)28)16-9-17(29-2)11-18(10-16)30-3;1-3(2)4;3-1(4)2(5)6/h4-5,8-11,13,21,24-25H,6-7,12H2,1-3H3;3-4H,1-2H3;(H,3,4)(H,5,6). The number of carboxylic acids is 2. The number of aliphatic hydroxyl groups is 1. The average Bonchev–Trinajstić information content (AvgIpc) is 3.42. The molecule has 1 aliphatic rings. The van der Waals surface area contributed by atoms with E-state index in [1.165, 1.54) is 35.6 Å². The first-order valence-corrected chi connectivity index (χ1v) is 12.4. The van der Waals surface area contributed by atoms with Crippen molar-refractivity contribution in [3.05, 3.63) is 53.7 Å². The summed E-state index contributed by atoms with van der Waals surface area (Å²) < 4.78 is 10.5. The molecule has 1 saturated heterocycles. The van der Waals surface area contributed by atoms with Crippen LogP contribution in [0.3, 0.4) is 0 Å². The number of aliphatic carboxylic acids is 2. The Morgan fingerprint density at radius 3 is 2.15 bits per heavy atom. The Morgan fingerprint density at radius 2 is 1.62 bits per heavy atom. The number of fused-ring (bicyclic) bond motifs is 1. The highest BCUT2D eigenvalue weighted by Gasteiger charge is 2.39. The summed E-state index contributed by atoms with van der Waals surface area (Å²) >= 11 is 0. The molecule has 4 rings (SSSR count). The highest BCUT2D eigenvalue weighted by atomic mass is 16.5. The molecule has 1 fully saturated rings. The molecule has 5 N–H and O–H groups in total. The van der Waals surface area contributed by atoms with E-state index < -0.39 is 18.0 Å². The molecule has 1 aromatic heterocycles. The molecule has 12 heteroatoms. The average molecular weight is 558 g/mol. The van der Waals surface area contributed by atoms with Gasteiger partial charge in [-0.15, -0.1) is 0 Å². The summed E-state index contributed by atoms with van der Waals surface area (Å²) in [5.74, 6) is -3.10. The number of ether oxygens (including phenoxy) is 2. The van der Waals surface area contributed by atoms with E-state index in [0.29, 0.717) is 23.7 Å². The van der Waals surface area contributed by atoms with Crippen LogP contribution < -0.4 is 19.7 Å². The number of nitrogens with one attached hydrogen (secondary N) is 2. The molecule has 12 nitrogen and oxygen atoms in total. The van der Waals surface area contributed by atoms with Crippen LogP contribution in [0.5, 0.6) is 11.5 Å². The second kappa shape index (κ2) is 14.7. The van der Waals surface area contributed by atoms with Crippen LogP contribution in [0.4, 0.5) is 5.69 Å². The molecule has 1 aliphatic heterocycles. The number of aryl methyl sites for hydroxylation is 1. The summed E-state index contributed by atoms with van der Waals surface area (Å²) in [5, 5.41) is 27.3. The fourth-order valence-corrected chi connectivity index (χ4v) is 3.86. The SMILES string of the molecule is CC(C)O.COc1cc(OC)cc(N2C(=O)CC(NCCc3c[nH]c4ccc(C)cc34)C2=O)c1.O=C(O)C(=O)O.